The van der Waals surface area contributed by atoms with Crippen molar-refractivity contribution in [3.63, 3.8) is 0 Å². The molecule has 1 aromatic carbocycles. The van der Waals surface area contributed by atoms with Crippen LogP contribution in [0.5, 0.6) is 0 Å². The number of hydrogen-bond donors (Lipinski definition) is 1. The molecule has 0 atom stereocenters. The monoisotopic (exact) mass is 497 g/mol. The Balaban J connectivity index is -0.00000161. The maximum absolute atomic E-state index is 2.54. The minimum atomic E-state index is -0.738. The number of benzene rings is 1. The zero-order chi connectivity index (χ0) is 16.1. The molecule has 1 rings (SSSR count). The van der Waals surface area contributed by atoms with Gasteiger partial charge in [0.25, 0.3) is 0 Å². The maximum Gasteiger partial charge on any atom is 0.0837 e. The lowest BCUT2D eigenvalue weighted by atomic mass is 10.1. The summed E-state index contributed by atoms with van der Waals surface area (Å²) in [7, 11) is -0.738. The van der Waals surface area contributed by atoms with E-state index in [1.165, 1.54) is 82.1 Å². The Morgan fingerprint density at radius 1 is 0.720 bits per heavy atom. The molecule has 4 heteroatoms. The lowest BCUT2D eigenvalue weighted by molar-refractivity contribution is -0.00000560. The van der Waals surface area contributed by atoms with Crippen LogP contribution in [0, 0.1) is 0 Å². The third-order valence-corrected chi connectivity index (χ3v) is 7.32. The van der Waals surface area contributed by atoms with Crippen LogP contribution in [-0.2, 0) is 6.16 Å². The predicted molar refractivity (Wildman–Crippen MR) is 121 cm³/mol. The third kappa shape index (κ3) is 17.7. The molecule has 0 bridgehead atoms. The summed E-state index contributed by atoms with van der Waals surface area (Å²) in [6, 6.07) is 11.1. The van der Waals surface area contributed by atoms with Gasteiger partial charge < -0.3 is 23.1 Å². The Morgan fingerprint density at radius 2 is 1.16 bits per heavy atom. The first-order valence-corrected chi connectivity index (χ1v) is 12.6. The fraction of sp³-hybridized carbons (Fsp3) is 0.714. The van der Waals surface area contributed by atoms with Gasteiger partial charge in [-0.2, -0.15) is 0 Å². The average molecular weight is 499 g/mol. The zero-order valence-electron chi connectivity index (χ0n) is 16.8. The van der Waals surface area contributed by atoms with Crippen LogP contribution >= 0.6 is 24.2 Å². The van der Waals surface area contributed by atoms with Crippen molar-refractivity contribution in [2.75, 3.05) is 19.5 Å². The molecule has 25 heavy (non-hydrogen) atoms. The van der Waals surface area contributed by atoms with Gasteiger partial charge in [-0.15, -0.1) is 17.0 Å². The van der Waals surface area contributed by atoms with Crippen LogP contribution in [0.15, 0.2) is 30.3 Å². The molecule has 1 aromatic rings. The highest BCUT2D eigenvalue weighted by Crippen LogP contribution is 2.54. The van der Waals surface area contributed by atoms with Crippen LogP contribution in [0.1, 0.15) is 76.7 Å². The van der Waals surface area contributed by atoms with Crippen LogP contribution in [0.4, 0.5) is 0 Å². The fourth-order valence-electron chi connectivity index (χ4n) is 3.18. The largest absolute Gasteiger partial charge is 1.00 e. The maximum atomic E-state index is 2.54. The topological polar surface area (TPSA) is 35.0 Å². The van der Waals surface area contributed by atoms with E-state index in [9.17, 15) is 0 Å². The van der Waals surface area contributed by atoms with Gasteiger partial charge >= 0.3 is 0 Å². The van der Waals surface area contributed by atoms with Crippen molar-refractivity contribution in [1.29, 1.82) is 0 Å². The minimum absolute atomic E-state index is 0. The summed E-state index contributed by atoms with van der Waals surface area (Å²) in [6.45, 7) is 7.36. The smallest absolute Gasteiger partial charge is 0.0837 e. The van der Waals surface area contributed by atoms with Crippen molar-refractivity contribution < 1.29 is 17.0 Å². The number of hydrogen-bond acceptors (Lipinski definition) is 1. The lowest BCUT2D eigenvalue weighted by Crippen LogP contribution is -3.00. The molecule has 150 valence electrons. The molecule has 0 saturated heterocycles. The van der Waals surface area contributed by atoms with Crippen molar-refractivity contribution in [2.24, 2.45) is 0 Å². The van der Waals surface area contributed by atoms with Crippen LogP contribution in [0.2, 0.25) is 0 Å². The van der Waals surface area contributed by atoms with E-state index in [1.807, 2.05) is 0 Å². The van der Waals surface area contributed by atoms with Crippen LogP contribution in [0.3, 0.4) is 0 Å². The Labute approximate surface area is 179 Å². The molecule has 0 unspecified atom stereocenters. The summed E-state index contributed by atoms with van der Waals surface area (Å²) >= 11 is 0. The van der Waals surface area contributed by atoms with Crippen molar-refractivity contribution in [3.05, 3.63) is 35.9 Å². The number of rotatable bonds is 13. The van der Waals surface area contributed by atoms with Gasteiger partial charge in [0, 0.05) is 20.6 Å². The fourth-order valence-corrected chi connectivity index (χ4v) is 5.62. The lowest BCUT2D eigenvalue weighted by Gasteiger charge is -2.18. The summed E-state index contributed by atoms with van der Waals surface area (Å²) < 4.78 is 0. The van der Waals surface area contributed by atoms with E-state index >= 15 is 0 Å². The van der Waals surface area contributed by atoms with Crippen LogP contribution in [0.25, 0.3) is 0 Å². The van der Waals surface area contributed by atoms with Gasteiger partial charge in [0.2, 0.25) is 0 Å². The highest BCUT2D eigenvalue weighted by Gasteiger charge is 2.24. The minimum Gasteiger partial charge on any atom is -1.00 e. The van der Waals surface area contributed by atoms with E-state index in [0.29, 0.717) is 0 Å². The summed E-state index contributed by atoms with van der Waals surface area (Å²) in [5.41, 5.74) is 1.54. The van der Waals surface area contributed by atoms with E-state index < -0.39 is 7.26 Å². The molecule has 0 radical (unpaired) electrons. The molecule has 3 N–H and O–H groups in total. The molecule has 0 heterocycles. The second-order valence-corrected chi connectivity index (χ2v) is 12.1. The molecule has 1 nitrogen and oxygen atoms in total. The highest BCUT2D eigenvalue weighted by molar-refractivity contribution is 8.93. The van der Waals surface area contributed by atoms with Gasteiger partial charge in [-0.3, -0.25) is 0 Å². The molecule has 0 saturated carbocycles. The Hall–Kier alpha value is 0.570. The summed E-state index contributed by atoms with van der Waals surface area (Å²) in [5, 5.41) is 0. The summed E-state index contributed by atoms with van der Waals surface area (Å²) in [6.07, 6.45) is 17.3. The SMILES string of the molecule is Br.CCCCCCCCCCCC[P+](C)(C)Cc1ccccc1.N.[Br-]. The standard InChI is InChI=1S/C21H38P.2BrH.H3N/c1-4-5-6-7-8-9-10-11-12-16-19-22(2,3)20-21-17-14-13-15-18-21;;;/h13-15,17-18H,4-12,16,19-20H2,1-3H3;2*1H;1H3/q+1;;;/p-1. The van der Waals surface area contributed by atoms with E-state index in [4.69, 9.17) is 0 Å². The van der Waals surface area contributed by atoms with Crippen molar-refractivity contribution in [3.8, 4) is 0 Å². The average Bonchev–Trinajstić information content (AvgIpc) is 2.49. The summed E-state index contributed by atoms with van der Waals surface area (Å²) in [5.74, 6) is 0. The van der Waals surface area contributed by atoms with Crippen molar-refractivity contribution in [1.82, 2.24) is 6.15 Å². The second kappa shape index (κ2) is 19.3. The van der Waals surface area contributed by atoms with E-state index in [1.54, 1.807) is 0 Å². The molecule has 0 spiro atoms. The van der Waals surface area contributed by atoms with Crippen LogP contribution in [-0.4, -0.2) is 19.5 Å². The Morgan fingerprint density at radius 3 is 1.64 bits per heavy atom. The van der Waals surface area contributed by atoms with Gasteiger partial charge in [0.1, 0.15) is 0 Å². The van der Waals surface area contributed by atoms with Gasteiger partial charge in [0.15, 0.2) is 0 Å². The van der Waals surface area contributed by atoms with E-state index in [-0.39, 0.29) is 40.1 Å². The van der Waals surface area contributed by atoms with Gasteiger partial charge in [-0.1, -0.05) is 88.6 Å². The molecule has 0 aromatic heterocycles. The third-order valence-electron chi connectivity index (χ3n) is 4.57. The highest BCUT2D eigenvalue weighted by atomic mass is 79.9. The summed E-state index contributed by atoms with van der Waals surface area (Å²) in [4.78, 5) is 0. The first-order valence-electron chi connectivity index (χ1n) is 9.50. The van der Waals surface area contributed by atoms with E-state index in [0.717, 1.165) is 0 Å². The number of halogens is 2. The quantitative estimate of drug-likeness (QED) is 0.297. The van der Waals surface area contributed by atoms with E-state index in [2.05, 4.69) is 50.6 Å². The van der Waals surface area contributed by atoms with Crippen molar-refractivity contribution in [2.45, 2.75) is 77.3 Å². The molecule has 0 aliphatic heterocycles. The molecular formula is C21H42Br2NP. The molecule has 0 aliphatic carbocycles. The number of unbranched alkanes of at least 4 members (excludes halogenated alkanes) is 9. The van der Waals surface area contributed by atoms with Crippen molar-refractivity contribution >= 4 is 24.2 Å². The van der Waals surface area contributed by atoms with Gasteiger partial charge in [-0.05, 0) is 18.4 Å². The molecule has 0 fully saturated rings. The zero-order valence-corrected chi connectivity index (χ0v) is 21.0. The van der Waals surface area contributed by atoms with Gasteiger partial charge in [0.05, 0.1) is 12.3 Å². The Kier molecular flexibility index (Phi) is 23.4. The normalized spacial score (nSPS) is 10.4. The van der Waals surface area contributed by atoms with Crippen LogP contribution < -0.4 is 23.1 Å². The molecular weight excluding hydrogens is 457 g/mol. The van der Waals surface area contributed by atoms with Gasteiger partial charge in [-0.25, -0.2) is 0 Å². The molecule has 0 amide bonds. The first-order chi connectivity index (χ1) is 10.6. The second-order valence-electron chi connectivity index (χ2n) is 7.49. The first kappa shape index (κ1) is 30.3. The molecule has 0 aliphatic rings. The Bertz CT molecular complexity index is 371. The predicted octanol–water partition coefficient (Wildman–Crippen LogP) is 5.13.